The van der Waals surface area contributed by atoms with E-state index in [1.165, 1.54) is 13.4 Å². The van der Waals surface area contributed by atoms with Crippen LogP contribution < -0.4 is 0 Å². The van der Waals surface area contributed by atoms with Crippen LogP contribution in [0, 0.1) is 0 Å². The van der Waals surface area contributed by atoms with Crippen molar-refractivity contribution in [2.24, 2.45) is 0 Å². The molecular weight excluding hydrogens is 324 g/mol. The number of benzene rings is 1. The summed E-state index contributed by atoms with van der Waals surface area (Å²) >= 11 is 0. The molecule has 0 atom stereocenters. The van der Waals surface area contributed by atoms with Gasteiger partial charge < -0.3 is 18.8 Å². The lowest BCUT2D eigenvalue weighted by Gasteiger charge is -2.21. The number of rotatable bonds is 9. The van der Waals surface area contributed by atoms with Crippen LogP contribution in [0.15, 0.2) is 41.0 Å². The van der Waals surface area contributed by atoms with Crippen molar-refractivity contribution in [2.75, 3.05) is 27.4 Å². The van der Waals surface area contributed by atoms with Crippen LogP contribution in [-0.4, -0.2) is 49.1 Å². The van der Waals surface area contributed by atoms with Gasteiger partial charge in [0.05, 0.1) is 20.1 Å². The first-order valence-electron chi connectivity index (χ1n) is 7.97. The molecule has 0 fully saturated rings. The van der Waals surface area contributed by atoms with E-state index in [0.29, 0.717) is 31.9 Å². The predicted octanol–water partition coefficient (Wildman–Crippen LogP) is 2.07. The Balaban J connectivity index is 2.05. The zero-order chi connectivity index (χ0) is 18.1. The minimum absolute atomic E-state index is 0.0416. The SMILES string of the molecule is COCCCN(Cc1nc(C(=O)OC)co1)C(=O)Cc1ccccc1. The van der Waals surface area contributed by atoms with E-state index >= 15 is 0 Å². The van der Waals surface area contributed by atoms with Gasteiger partial charge in [0.25, 0.3) is 0 Å². The van der Waals surface area contributed by atoms with Gasteiger partial charge in [0, 0.05) is 20.3 Å². The number of hydrogen-bond acceptors (Lipinski definition) is 6. The molecule has 0 unspecified atom stereocenters. The van der Waals surface area contributed by atoms with Crippen molar-refractivity contribution in [1.29, 1.82) is 0 Å². The summed E-state index contributed by atoms with van der Waals surface area (Å²) in [4.78, 5) is 29.8. The van der Waals surface area contributed by atoms with Crippen LogP contribution in [0.3, 0.4) is 0 Å². The van der Waals surface area contributed by atoms with E-state index in [1.807, 2.05) is 30.3 Å². The minimum atomic E-state index is -0.573. The molecule has 2 rings (SSSR count). The zero-order valence-electron chi connectivity index (χ0n) is 14.4. The lowest BCUT2D eigenvalue weighted by atomic mass is 10.1. The van der Waals surface area contributed by atoms with Gasteiger partial charge >= 0.3 is 5.97 Å². The van der Waals surface area contributed by atoms with Gasteiger partial charge in [-0.25, -0.2) is 9.78 Å². The Bertz CT molecular complexity index is 684. The third-order valence-electron chi connectivity index (χ3n) is 3.60. The molecule has 0 saturated carbocycles. The fourth-order valence-electron chi connectivity index (χ4n) is 2.32. The Morgan fingerprint density at radius 1 is 1.20 bits per heavy atom. The van der Waals surface area contributed by atoms with Crippen LogP contribution in [0.4, 0.5) is 0 Å². The smallest absolute Gasteiger partial charge is 0.360 e. The number of ether oxygens (including phenoxy) is 2. The molecule has 0 radical (unpaired) electrons. The van der Waals surface area contributed by atoms with E-state index in [1.54, 1.807) is 12.0 Å². The van der Waals surface area contributed by atoms with Crippen LogP contribution in [0.1, 0.15) is 28.4 Å². The van der Waals surface area contributed by atoms with Gasteiger partial charge in [0.15, 0.2) is 5.69 Å². The quantitative estimate of drug-likeness (QED) is 0.511. The highest BCUT2D eigenvalue weighted by atomic mass is 16.5. The topological polar surface area (TPSA) is 81.9 Å². The monoisotopic (exact) mass is 346 g/mol. The summed E-state index contributed by atoms with van der Waals surface area (Å²) in [7, 11) is 2.89. The third-order valence-corrected chi connectivity index (χ3v) is 3.60. The van der Waals surface area contributed by atoms with Crippen LogP contribution in [0.2, 0.25) is 0 Å². The largest absolute Gasteiger partial charge is 0.464 e. The number of carbonyl (C=O) groups is 2. The normalized spacial score (nSPS) is 10.5. The number of amides is 1. The molecule has 7 heteroatoms. The van der Waals surface area contributed by atoms with E-state index in [-0.39, 0.29) is 18.1 Å². The van der Waals surface area contributed by atoms with E-state index in [0.717, 1.165) is 5.56 Å². The molecule has 0 spiro atoms. The molecule has 2 aromatic rings. The molecular formula is C18H22N2O5. The summed E-state index contributed by atoms with van der Waals surface area (Å²) in [6.45, 7) is 1.25. The van der Waals surface area contributed by atoms with Gasteiger partial charge in [0.1, 0.15) is 6.26 Å². The van der Waals surface area contributed by atoms with Gasteiger partial charge in [-0.05, 0) is 12.0 Å². The number of nitrogens with zero attached hydrogens (tertiary/aromatic N) is 2. The van der Waals surface area contributed by atoms with Gasteiger partial charge in [0.2, 0.25) is 11.8 Å². The second-order valence-electron chi connectivity index (χ2n) is 5.44. The standard InChI is InChI=1S/C18H22N2O5/c1-23-10-6-9-20(17(21)11-14-7-4-3-5-8-14)12-16-19-15(13-25-16)18(22)24-2/h3-5,7-8,13H,6,9-12H2,1-2H3. The molecule has 0 aliphatic carbocycles. The lowest BCUT2D eigenvalue weighted by molar-refractivity contribution is -0.131. The molecule has 0 N–H and O–H groups in total. The molecule has 0 bridgehead atoms. The Labute approximate surface area is 146 Å². The van der Waals surface area contributed by atoms with Crippen molar-refractivity contribution < 1.29 is 23.5 Å². The van der Waals surface area contributed by atoms with Crippen molar-refractivity contribution in [1.82, 2.24) is 9.88 Å². The lowest BCUT2D eigenvalue weighted by Crippen LogP contribution is -2.33. The summed E-state index contributed by atoms with van der Waals surface area (Å²) in [5.41, 5.74) is 1.02. The molecule has 1 aromatic heterocycles. The molecule has 25 heavy (non-hydrogen) atoms. The van der Waals surface area contributed by atoms with Crippen molar-refractivity contribution in [2.45, 2.75) is 19.4 Å². The van der Waals surface area contributed by atoms with E-state index in [9.17, 15) is 9.59 Å². The number of esters is 1. The average Bonchev–Trinajstić information content (AvgIpc) is 3.10. The van der Waals surface area contributed by atoms with E-state index in [2.05, 4.69) is 9.72 Å². The maximum atomic E-state index is 12.6. The first-order chi connectivity index (χ1) is 12.1. The summed E-state index contributed by atoms with van der Waals surface area (Å²) in [5, 5.41) is 0. The van der Waals surface area contributed by atoms with Crippen LogP contribution in [0.5, 0.6) is 0 Å². The van der Waals surface area contributed by atoms with Gasteiger partial charge in [-0.1, -0.05) is 30.3 Å². The molecule has 1 aromatic carbocycles. The first kappa shape index (κ1) is 18.7. The van der Waals surface area contributed by atoms with Crippen LogP contribution >= 0.6 is 0 Å². The molecule has 0 aliphatic rings. The third kappa shape index (κ3) is 5.72. The molecule has 134 valence electrons. The minimum Gasteiger partial charge on any atom is -0.464 e. The second-order valence-corrected chi connectivity index (χ2v) is 5.44. The molecule has 7 nitrogen and oxygen atoms in total. The van der Waals surface area contributed by atoms with Gasteiger partial charge in [-0.3, -0.25) is 4.79 Å². The van der Waals surface area contributed by atoms with Gasteiger partial charge in [-0.2, -0.15) is 0 Å². The summed E-state index contributed by atoms with van der Waals surface area (Å²) < 4.78 is 14.9. The van der Waals surface area contributed by atoms with E-state index < -0.39 is 5.97 Å². The van der Waals surface area contributed by atoms with Crippen molar-refractivity contribution in [3.05, 3.63) is 53.7 Å². The highest BCUT2D eigenvalue weighted by molar-refractivity contribution is 5.86. The second kappa shape index (κ2) is 9.58. The number of aromatic nitrogens is 1. The Kier molecular flexibility index (Phi) is 7.16. The fraction of sp³-hybridized carbons (Fsp3) is 0.389. The number of hydrogen-bond donors (Lipinski definition) is 0. The van der Waals surface area contributed by atoms with Crippen molar-refractivity contribution in [3.63, 3.8) is 0 Å². The highest BCUT2D eigenvalue weighted by Crippen LogP contribution is 2.10. The van der Waals surface area contributed by atoms with Crippen LogP contribution in [-0.2, 0) is 27.2 Å². The van der Waals surface area contributed by atoms with Gasteiger partial charge in [-0.15, -0.1) is 0 Å². The van der Waals surface area contributed by atoms with E-state index in [4.69, 9.17) is 9.15 Å². The molecule has 1 heterocycles. The van der Waals surface area contributed by atoms with Crippen molar-refractivity contribution >= 4 is 11.9 Å². The predicted molar refractivity (Wildman–Crippen MR) is 89.9 cm³/mol. The maximum absolute atomic E-state index is 12.6. The van der Waals surface area contributed by atoms with Crippen LogP contribution in [0.25, 0.3) is 0 Å². The molecule has 1 amide bonds. The van der Waals surface area contributed by atoms with Crippen molar-refractivity contribution in [3.8, 4) is 0 Å². The molecule has 0 aliphatic heterocycles. The maximum Gasteiger partial charge on any atom is 0.360 e. The molecule has 0 saturated heterocycles. The Morgan fingerprint density at radius 3 is 2.64 bits per heavy atom. The highest BCUT2D eigenvalue weighted by Gasteiger charge is 2.19. The Hall–Kier alpha value is -2.67. The number of oxazole rings is 1. The summed E-state index contributed by atoms with van der Waals surface area (Å²) in [6.07, 6.45) is 2.22. The zero-order valence-corrected chi connectivity index (χ0v) is 14.4. The average molecular weight is 346 g/mol. The fourth-order valence-corrected chi connectivity index (χ4v) is 2.32. The summed E-state index contributed by atoms with van der Waals surface area (Å²) in [6, 6.07) is 9.52. The first-order valence-corrected chi connectivity index (χ1v) is 7.97. The number of methoxy groups -OCH3 is 2. The summed E-state index contributed by atoms with van der Waals surface area (Å²) in [5.74, 6) is -0.323. The Morgan fingerprint density at radius 2 is 1.96 bits per heavy atom. The number of carbonyl (C=O) groups excluding carboxylic acids is 2.